The summed E-state index contributed by atoms with van der Waals surface area (Å²) in [6, 6.07) is 3.92. The molecule has 3 heterocycles. The van der Waals surface area contributed by atoms with Crippen molar-refractivity contribution >= 4 is 5.91 Å². The highest BCUT2D eigenvalue weighted by Gasteiger charge is 2.28. The first-order valence-corrected chi connectivity index (χ1v) is 7.40. The van der Waals surface area contributed by atoms with Gasteiger partial charge < -0.3 is 4.90 Å². The molecule has 2 aromatic heterocycles. The van der Waals surface area contributed by atoms with E-state index in [-0.39, 0.29) is 5.91 Å². The fraction of sp³-hybridized carbons (Fsp3) is 0.438. The molecule has 0 spiro atoms. The van der Waals surface area contributed by atoms with E-state index in [1.165, 1.54) is 11.3 Å². The minimum atomic E-state index is 0.235. The maximum atomic E-state index is 12.3. The monoisotopic (exact) mass is 284 g/mol. The van der Waals surface area contributed by atoms with Crippen LogP contribution in [0.2, 0.25) is 0 Å². The van der Waals surface area contributed by atoms with E-state index in [9.17, 15) is 4.79 Å². The second-order valence-electron chi connectivity index (χ2n) is 5.65. The average molecular weight is 284 g/mol. The molecule has 1 atom stereocenters. The normalized spacial score (nSPS) is 18.1. The summed E-state index contributed by atoms with van der Waals surface area (Å²) in [5.74, 6) is 0.633. The lowest BCUT2D eigenvalue weighted by molar-refractivity contribution is -0.130. The molecule has 1 aliphatic heterocycles. The Bertz CT molecular complexity index is 608. The average Bonchev–Trinajstić information content (AvgIpc) is 3.14. The molecule has 3 rings (SSSR count). The van der Waals surface area contributed by atoms with Crippen LogP contribution in [0.25, 0.3) is 0 Å². The summed E-state index contributed by atoms with van der Waals surface area (Å²) in [5.41, 5.74) is 3.48. The van der Waals surface area contributed by atoms with E-state index in [4.69, 9.17) is 0 Å². The molecule has 21 heavy (non-hydrogen) atoms. The van der Waals surface area contributed by atoms with Crippen molar-refractivity contribution in [2.45, 2.75) is 32.1 Å². The SMILES string of the molecule is Cc1cn[nH]c1[C@@H]1CCN(C(=O)CCc2cccnc2)C1. The molecule has 110 valence electrons. The van der Waals surface area contributed by atoms with Gasteiger partial charge in [0.15, 0.2) is 0 Å². The highest BCUT2D eigenvalue weighted by molar-refractivity contribution is 5.76. The highest BCUT2D eigenvalue weighted by Crippen LogP contribution is 2.28. The third-order valence-electron chi connectivity index (χ3n) is 4.17. The Kier molecular flexibility index (Phi) is 3.99. The third kappa shape index (κ3) is 3.12. The summed E-state index contributed by atoms with van der Waals surface area (Å²) in [6.07, 6.45) is 7.76. The van der Waals surface area contributed by atoms with Gasteiger partial charge in [-0.05, 0) is 37.0 Å². The van der Waals surface area contributed by atoms with Crippen molar-refractivity contribution in [3.63, 3.8) is 0 Å². The van der Waals surface area contributed by atoms with E-state index >= 15 is 0 Å². The number of hydrogen-bond acceptors (Lipinski definition) is 3. The molecule has 0 saturated carbocycles. The molecule has 0 aromatic carbocycles. The van der Waals surface area contributed by atoms with Gasteiger partial charge in [-0.15, -0.1) is 0 Å². The number of nitrogens with one attached hydrogen (secondary N) is 1. The van der Waals surface area contributed by atoms with E-state index in [2.05, 4.69) is 22.1 Å². The summed E-state index contributed by atoms with van der Waals surface area (Å²) in [5, 5.41) is 7.15. The largest absolute Gasteiger partial charge is 0.342 e. The zero-order chi connectivity index (χ0) is 14.7. The summed E-state index contributed by atoms with van der Waals surface area (Å²) in [6.45, 7) is 3.70. The number of amides is 1. The zero-order valence-corrected chi connectivity index (χ0v) is 12.2. The minimum Gasteiger partial charge on any atom is -0.342 e. The standard InChI is InChI=1S/C16H20N4O/c1-12-9-18-19-16(12)14-6-8-20(11-14)15(21)5-4-13-3-2-7-17-10-13/h2-3,7,9-10,14H,4-6,8,11H2,1H3,(H,18,19)/t14-/m1/s1. The van der Waals surface area contributed by atoms with Gasteiger partial charge in [-0.25, -0.2) is 0 Å². The highest BCUT2D eigenvalue weighted by atomic mass is 16.2. The van der Waals surface area contributed by atoms with Crippen molar-refractivity contribution in [3.05, 3.63) is 47.5 Å². The molecular weight excluding hydrogens is 264 g/mol. The quantitative estimate of drug-likeness (QED) is 0.934. The van der Waals surface area contributed by atoms with Gasteiger partial charge in [0.05, 0.1) is 6.20 Å². The molecular formula is C16H20N4O. The summed E-state index contributed by atoms with van der Waals surface area (Å²) in [4.78, 5) is 18.4. The van der Waals surface area contributed by atoms with Crippen LogP contribution >= 0.6 is 0 Å². The lowest BCUT2D eigenvalue weighted by atomic mass is 10.0. The molecule has 0 radical (unpaired) electrons. The van der Waals surface area contributed by atoms with Gasteiger partial charge in [-0.2, -0.15) is 5.10 Å². The van der Waals surface area contributed by atoms with Crippen LogP contribution < -0.4 is 0 Å². The van der Waals surface area contributed by atoms with Gasteiger partial charge in [0, 0.05) is 43.5 Å². The summed E-state index contributed by atoms with van der Waals surface area (Å²) in [7, 11) is 0. The Hall–Kier alpha value is -2.17. The van der Waals surface area contributed by atoms with E-state index in [0.717, 1.165) is 31.5 Å². The number of likely N-dealkylation sites (tertiary alicyclic amines) is 1. The Morgan fingerprint density at radius 1 is 1.48 bits per heavy atom. The van der Waals surface area contributed by atoms with Crippen LogP contribution in [0.3, 0.4) is 0 Å². The van der Waals surface area contributed by atoms with E-state index in [0.29, 0.717) is 12.3 Å². The second-order valence-corrected chi connectivity index (χ2v) is 5.65. The van der Waals surface area contributed by atoms with Gasteiger partial charge in [0.1, 0.15) is 0 Å². The van der Waals surface area contributed by atoms with Crippen LogP contribution in [-0.2, 0) is 11.2 Å². The first kappa shape index (κ1) is 13.8. The summed E-state index contributed by atoms with van der Waals surface area (Å²) < 4.78 is 0. The Morgan fingerprint density at radius 2 is 2.38 bits per heavy atom. The number of pyridine rings is 1. The number of nitrogens with zero attached hydrogens (tertiary/aromatic N) is 3. The molecule has 5 nitrogen and oxygen atoms in total. The molecule has 1 amide bonds. The number of carbonyl (C=O) groups is 1. The second kappa shape index (κ2) is 6.08. The first-order valence-electron chi connectivity index (χ1n) is 7.40. The predicted octanol–water partition coefficient (Wildman–Crippen LogP) is 2.06. The predicted molar refractivity (Wildman–Crippen MR) is 79.8 cm³/mol. The van der Waals surface area contributed by atoms with Gasteiger partial charge >= 0.3 is 0 Å². The van der Waals surface area contributed by atoms with E-state index in [1.54, 1.807) is 6.20 Å². The van der Waals surface area contributed by atoms with E-state index in [1.807, 2.05) is 29.4 Å². The number of rotatable bonds is 4. The molecule has 0 aliphatic carbocycles. The zero-order valence-electron chi connectivity index (χ0n) is 12.2. The van der Waals surface area contributed by atoms with Crippen molar-refractivity contribution in [1.29, 1.82) is 0 Å². The van der Waals surface area contributed by atoms with Gasteiger partial charge in [0.2, 0.25) is 5.91 Å². The molecule has 1 saturated heterocycles. The molecule has 1 N–H and O–H groups in total. The molecule has 5 heteroatoms. The maximum Gasteiger partial charge on any atom is 0.222 e. The fourth-order valence-corrected chi connectivity index (χ4v) is 2.95. The Labute approximate surface area is 124 Å². The molecule has 1 aliphatic rings. The van der Waals surface area contributed by atoms with Gasteiger partial charge in [0.25, 0.3) is 0 Å². The van der Waals surface area contributed by atoms with Crippen molar-refractivity contribution in [2.24, 2.45) is 0 Å². The Balaban J connectivity index is 1.54. The van der Waals surface area contributed by atoms with Crippen LogP contribution in [0.15, 0.2) is 30.7 Å². The number of carbonyl (C=O) groups excluding carboxylic acids is 1. The smallest absolute Gasteiger partial charge is 0.222 e. The fourth-order valence-electron chi connectivity index (χ4n) is 2.95. The molecule has 1 fully saturated rings. The molecule has 0 unspecified atom stereocenters. The lowest BCUT2D eigenvalue weighted by Crippen LogP contribution is -2.28. The van der Waals surface area contributed by atoms with Gasteiger partial charge in [-0.3, -0.25) is 14.9 Å². The maximum absolute atomic E-state index is 12.3. The molecule has 0 bridgehead atoms. The van der Waals surface area contributed by atoms with Crippen molar-refractivity contribution < 1.29 is 4.79 Å². The van der Waals surface area contributed by atoms with Gasteiger partial charge in [-0.1, -0.05) is 6.07 Å². The van der Waals surface area contributed by atoms with Crippen LogP contribution in [0.5, 0.6) is 0 Å². The third-order valence-corrected chi connectivity index (χ3v) is 4.17. The summed E-state index contributed by atoms with van der Waals surface area (Å²) >= 11 is 0. The molecule has 2 aromatic rings. The minimum absolute atomic E-state index is 0.235. The topological polar surface area (TPSA) is 61.9 Å². The van der Waals surface area contributed by atoms with E-state index < -0.39 is 0 Å². The number of aryl methyl sites for hydroxylation is 2. The van der Waals surface area contributed by atoms with Crippen LogP contribution in [0.1, 0.15) is 35.6 Å². The van der Waals surface area contributed by atoms with Crippen LogP contribution in [0.4, 0.5) is 0 Å². The van der Waals surface area contributed by atoms with Crippen LogP contribution in [-0.4, -0.2) is 39.1 Å². The number of aromatic amines is 1. The lowest BCUT2D eigenvalue weighted by Gasteiger charge is -2.16. The number of H-pyrrole nitrogens is 1. The Morgan fingerprint density at radius 3 is 3.10 bits per heavy atom. The number of hydrogen-bond donors (Lipinski definition) is 1. The van der Waals surface area contributed by atoms with Crippen molar-refractivity contribution in [1.82, 2.24) is 20.1 Å². The van der Waals surface area contributed by atoms with Crippen molar-refractivity contribution in [3.8, 4) is 0 Å². The number of aromatic nitrogens is 3. The van der Waals surface area contributed by atoms with Crippen LogP contribution in [0, 0.1) is 6.92 Å². The van der Waals surface area contributed by atoms with Crippen molar-refractivity contribution in [2.75, 3.05) is 13.1 Å². The first-order chi connectivity index (χ1) is 10.2.